The van der Waals surface area contributed by atoms with E-state index in [0.29, 0.717) is 23.4 Å². The van der Waals surface area contributed by atoms with Gasteiger partial charge in [-0.1, -0.05) is 26.0 Å². The van der Waals surface area contributed by atoms with E-state index in [-0.39, 0.29) is 16.8 Å². The highest BCUT2D eigenvalue weighted by Crippen LogP contribution is 2.22. The number of aryl methyl sites for hydroxylation is 2. The molecule has 0 fully saturated rings. The number of amides is 1. The number of hydrogen-bond donors (Lipinski definition) is 2. The predicted molar refractivity (Wildman–Crippen MR) is 130 cm³/mol. The summed E-state index contributed by atoms with van der Waals surface area (Å²) in [6.07, 6.45) is 1.63. The Morgan fingerprint density at radius 3 is 2.33 bits per heavy atom. The number of nitrogens with zero attached hydrogens (tertiary/aromatic N) is 1. The molecular formula is C25H31N3O4S. The van der Waals surface area contributed by atoms with E-state index in [9.17, 15) is 13.2 Å². The van der Waals surface area contributed by atoms with Crippen molar-refractivity contribution in [2.24, 2.45) is 0 Å². The van der Waals surface area contributed by atoms with E-state index < -0.39 is 10.0 Å². The standard InChI is InChI=1S/C25H31N3O4S/c1-5-28(6-2)22(23-8-7-15-32-23)17-26-25(29)20-11-13-21(14-12-20)27-33(30,31)24-16-18(3)9-10-19(24)4/h7-16,22,27H,5-6,17H2,1-4H3,(H,26,29). The number of furan rings is 1. The highest BCUT2D eigenvalue weighted by atomic mass is 32.2. The Kier molecular flexibility index (Phi) is 7.94. The first-order valence-electron chi connectivity index (χ1n) is 11.0. The molecule has 0 aliphatic heterocycles. The fourth-order valence-electron chi connectivity index (χ4n) is 3.74. The van der Waals surface area contributed by atoms with Gasteiger partial charge in [-0.2, -0.15) is 0 Å². The van der Waals surface area contributed by atoms with Crippen molar-refractivity contribution < 1.29 is 17.6 Å². The van der Waals surface area contributed by atoms with Gasteiger partial charge in [-0.05, 0) is 80.5 Å². The van der Waals surface area contributed by atoms with Crippen molar-refractivity contribution in [3.8, 4) is 0 Å². The maximum Gasteiger partial charge on any atom is 0.262 e. The summed E-state index contributed by atoms with van der Waals surface area (Å²) >= 11 is 0. The molecule has 33 heavy (non-hydrogen) atoms. The first-order chi connectivity index (χ1) is 15.7. The maximum absolute atomic E-state index is 12.8. The molecule has 0 spiro atoms. The molecule has 3 aromatic rings. The van der Waals surface area contributed by atoms with Crippen molar-refractivity contribution in [1.29, 1.82) is 0 Å². The van der Waals surface area contributed by atoms with Gasteiger partial charge < -0.3 is 9.73 Å². The third-order valence-electron chi connectivity index (χ3n) is 5.61. The molecule has 1 atom stereocenters. The number of nitrogens with one attached hydrogen (secondary N) is 2. The Bertz CT molecular complexity index is 1170. The predicted octanol–water partition coefficient (Wildman–Crippen LogP) is 4.51. The lowest BCUT2D eigenvalue weighted by molar-refractivity contribution is 0.0929. The average molecular weight is 470 g/mol. The molecule has 176 valence electrons. The second-order valence-electron chi connectivity index (χ2n) is 7.91. The topological polar surface area (TPSA) is 91.7 Å². The maximum atomic E-state index is 12.8. The van der Waals surface area contributed by atoms with Crippen LogP contribution in [0.4, 0.5) is 5.69 Å². The van der Waals surface area contributed by atoms with Crippen LogP contribution in [0.1, 0.15) is 47.1 Å². The molecule has 1 heterocycles. The van der Waals surface area contributed by atoms with Crippen molar-refractivity contribution in [1.82, 2.24) is 10.2 Å². The van der Waals surface area contributed by atoms with Gasteiger partial charge in [0, 0.05) is 17.8 Å². The van der Waals surface area contributed by atoms with Gasteiger partial charge in [-0.25, -0.2) is 8.42 Å². The molecule has 0 radical (unpaired) electrons. The molecule has 2 N–H and O–H groups in total. The van der Waals surface area contributed by atoms with Crippen molar-refractivity contribution in [2.75, 3.05) is 24.4 Å². The largest absolute Gasteiger partial charge is 0.468 e. The van der Waals surface area contributed by atoms with Crippen LogP contribution in [0.15, 0.2) is 70.2 Å². The summed E-state index contributed by atoms with van der Waals surface area (Å²) in [6, 6.07) is 15.4. The number of hydrogen-bond acceptors (Lipinski definition) is 5. The number of carbonyl (C=O) groups excluding carboxylic acids is 1. The van der Waals surface area contributed by atoms with Crippen molar-refractivity contribution in [2.45, 2.75) is 38.6 Å². The molecule has 8 heteroatoms. The van der Waals surface area contributed by atoms with Crippen LogP contribution in [0, 0.1) is 13.8 Å². The van der Waals surface area contributed by atoms with Gasteiger partial charge in [-0.3, -0.25) is 14.4 Å². The molecule has 2 aromatic carbocycles. The van der Waals surface area contributed by atoms with Gasteiger partial charge >= 0.3 is 0 Å². The molecule has 0 saturated carbocycles. The summed E-state index contributed by atoms with van der Waals surface area (Å²) in [5.41, 5.74) is 2.38. The molecule has 1 unspecified atom stereocenters. The zero-order chi connectivity index (χ0) is 24.0. The Labute approximate surface area is 195 Å². The van der Waals surface area contributed by atoms with Gasteiger partial charge in [0.15, 0.2) is 0 Å². The number of sulfonamides is 1. The first kappa shape index (κ1) is 24.5. The van der Waals surface area contributed by atoms with Crippen LogP contribution in [0.2, 0.25) is 0 Å². The summed E-state index contributed by atoms with van der Waals surface area (Å²) in [6.45, 7) is 9.80. The second-order valence-corrected chi connectivity index (χ2v) is 9.57. The molecule has 0 aliphatic carbocycles. The van der Waals surface area contributed by atoms with E-state index in [1.807, 2.05) is 25.1 Å². The van der Waals surface area contributed by atoms with Crippen LogP contribution in [0.5, 0.6) is 0 Å². The quantitative estimate of drug-likeness (QED) is 0.456. The molecule has 1 aromatic heterocycles. The van der Waals surface area contributed by atoms with Gasteiger partial charge in [0.2, 0.25) is 0 Å². The minimum absolute atomic E-state index is 0.0670. The first-order valence-corrected chi connectivity index (χ1v) is 12.5. The monoisotopic (exact) mass is 469 g/mol. The van der Waals surface area contributed by atoms with Gasteiger partial charge in [0.05, 0.1) is 17.2 Å². The lowest BCUT2D eigenvalue weighted by atomic mass is 10.1. The number of anilines is 1. The molecule has 1 amide bonds. The summed E-state index contributed by atoms with van der Waals surface area (Å²) in [4.78, 5) is 15.2. The zero-order valence-corrected chi connectivity index (χ0v) is 20.3. The smallest absolute Gasteiger partial charge is 0.262 e. The Hall–Kier alpha value is -3.10. The van der Waals surface area contributed by atoms with Crippen LogP contribution in [-0.4, -0.2) is 38.9 Å². The SMILES string of the molecule is CCN(CC)C(CNC(=O)c1ccc(NS(=O)(=O)c2cc(C)ccc2C)cc1)c1ccco1. The summed E-state index contributed by atoms with van der Waals surface area (Å²) < 4.78 is 33.8. The van der Waals surface area contributed by atoms with E-state index >= 15 is 0 Å². The third kappa shape index (κ3) is 6.03. The zero-order valence-electron chi connectivity index (χ0n) is 19.5. The fraction of sp³-hybridized carbons (Fsp3) is 0.320. The molecule has 7 nitrogen and oxygen atoms in total. The average Bonchev–Trinajstić information content (AvgIpc) is 3.33. The minimum Gasteiger partial charge on any atom is -0.468 e. The van der Waals surface area contributed by atoms with Crippen molar-refractivity contribution in [3.05, 3.63) is 83.3 Å². The van der Waals surface area contributed by atoms with Gasteiger partial charge in [0.25, 0.3) is 15.9 Å². The van der Waals surface area contributed by atoms with E-state index in [1.54, 1.807) is 49.6 Å². The number of carbonyl (C=O) groups is 1. The van der Waals surface area contributed by atoms with Gasteiger partial charge in [-0.15, -0.1) is 0 Å². The van der Waals surface area contributed by atoms with Crippen molar-refractivity contribution >= 4 is 21.6 Å². The highest BCUT2D eigenvalue weighted by molar-refractivity contribution is 7.92. The van der Waals surface area contributed by atoms with E-state index in [1.165, 1.54) is 0 Å². The molecule has 0 saturated heterocycles. The highest BCUT2D eigenvalue weighted by Gasteiger charge is 2.22. The van der Waals surface area contributed by atoms with Gasteiger partial charge in [0.1, 0.15) is 5.76 Å². The fourth-order valence-corrected chi connectivity index (χ4v) is 5.13. The molecule has 0 bridgehead atoms. The lowest BCUT2D eigenvalue weighted by Gasteiger charge is -2.28. The Morgan fingerprint density at radius 1 is 1.03 bits per heavy atom. The lowest BCUT2D eigenvalue weighted by Crippen LogP contribution is -2.37. The van der Waals surface area contributed by atoms with Crippen LogP contribution in [-0.2, 0) is 10.0 Å². The summed E-state index contributed by atoms with van der Waals surface area (Å²) in [5, 5.41) is 2.96. The Balaban J connectivity index is 1.68. The van der Waals surface area contributed by atoms with E-state index in [0.717, 1.165) is 24.4 Å². The summed E-state index contributed by atoms with van der Waals surface area (Å²) in [5.74, 6) is 0.567. The molecule has 3 rings (SSSR count). The minimum atomic E-state index is -3.73. The normalized spacial score (nSPS) is 12.5. The molecule has 0 aliphatic rings. The third-order valence-corrected chi connectivity index (χ3v) is 7.14. The van der Waals surface area contributed by atoms with Crippen LogP contribution in [0.3, 0.4) is 0 Å². The van der Waals surface area contributed by atoms with Crippen molar-refractivity contribution in [3.63, 3.8) is 0 Å². The molecular weight excluding hydrogens is 438 g/mol. The Morgan fingerprint density at radius 2 is 1.73 bits per heavy atom. The van der Waals surface area contributed by atoms with Crippen LogP contribution < -0.4 is 10.0 Å². The number of likely N-dealkylation sites (N-methyl/N-ethyl adjacent to an activating group) is 1. The second kappa shape index (κ2) is 10.7. The number of benzene rings is 2. The van der Waals surface area contributed by atoms with E-state index in [4.69, 9.17) is 4.42 Å². The number of rotatable bonds is 10. The summed E-state index contributed by atoms with van der Waals surface area (Å²) in [7, 11) is -3.73. The van der Waals surface area contributed by atoms with E-state index in [2.05, 4.69) is 28.8 Å². The van der Waals surface area contributed by atoms with Crippen LogP contribution >= 0.6 is 0 Å². The van der Waals surface area contributed by atoms with Crippen LogP contribution in [0.25, 0.3) is 0 Å².